The molecule has 1 N–H and O–H groups in total. The van der Waals surface area contributed by atoms with E-state index in [0.29, 0.717) is 56.1 Å². The Labute approximate surface area is 199 Å². The smallest absolute Gasteiger partial charge is 0.241 e. The quantitative estimate of drug-likeness (QED) is 0.452. The number of aromatic nitrogens is 2. The van der Waals surface area contributed by atoms with Crippen molar-refractivity contribution in [2.45, 2.75) is 19.4 Å². The number of nitrogens with one attached hydrogen (secondary N) is 1. The first-order valence-electron chi connectivity index (χ1n) is 9.65. The largest absolute Gasteiger partial charge is 0.338 e. The molecule has 1 aromatic heterocycles. The number of carbonyl (C=O) groups is 1. The van der Waals surface area contributed by atoms with Gasteiger partial charge in [-0.1, -0.05) is 51.6 Å². The number of hydrogen-bond acceptors (Lipinski definition) is 5. The number of nitrogens with zero attached hydrogens (tertiary/aromatic N) is 3. The van der Waals surface area contributed by atoms with E-state index in [4.69, 9.17) is 50.9 Å². The molecule has 1 unspecified atom stereocenters. The second-order valence-corrected chi connectivity index (χ2v) is 8.99. The Morgan fingerprint density at radius 2 is 1.94 bits per heavy atom. The highest BCUT2D eigenvalue weighted by Crippen LogP contribution is 2.29. The minimum Gasteiger partial charge on any atom is -0.338 e. The Morgan fingerprint density at radius 3 is 2.71 bits per heavy atom. The van der Waals surface area contributed by atoms with Crippen LogP contribution in [0.5, 0.6) is 0 Å². The van der Waals surface area contributed by atoms with Gasteiger partial charge in [-0.05, 0) is 55.8 Å². The lowest BCUT2D eigenvalue weighted by atomic mass is 9.97. The normalized spacial score (nSPS) is 17.0. The summed E-state index contributed by atoms with van der Waals surface area (Å²) in [5.74, 6) is 0.660. The fourth-order valence-corrected chi connectivity index (χ4v) is 4.31. The molecule has 1 fully saturated rings. The van der Waals surface area contributed by atoms with Crippen LogP contribution >= 0.6 is 46.4 Å². The highest BCUT2D eigenvalue weighted by Gasteiger charge is 2.27. The third-order valence-electron chi connectivity index (χ3n) is 5.06. The maximum atomic E-state index is 12.7. The van der Waals surface area contributed by atoms with Gasteiger partial charge in [-0.2, -0.15) is 4.98 Å². The number of likely N-dealkylation sites (tertiary alicyclic amines) is 1. The van der Waals surface area contributed by atoms with Crippen LogP contribution in [-0.4, -0.2) is 34.0 Å². The summed E-state index contributed by atoms with van der Waals surface area (Å²) in [6, 6.07) is 10.1. The van der Waals surface area contributed by atoms with Gasteiger partial charge in [0, 0.05) is 22.8 Å². The first-order valence-corrected chi connectivity index (χ1v) is 11.2. The van der Waals surface area contributed by atoms with Gasteiger partial charge in [-0.3, -0.25) is 9.69 Å². The SMILES string of the molecule is O=C(Nc1ccc(Cl)c(Cl)c1)C1CCCN(Cc2nc(-c3ccc(Cl)cc3Cl)no2)C1. The number of piperidine rings is 1. The van der Waals surface area contributed by atoms with Crippen LogP contribution in [0.2, 0.25) is 20.1 Å². The van der Waals surface area contributed by atoms with Gasteiger partial charge in [-0.15, -0.1) is 0 Å². The molecule has 0 radical (unpaired) electrons. The molecule has 0 aliphatic carbocycles. The summed E-state index contributed by atoms with van der Waals surface area (Å²) in [4.78, 5) is 19.3. The predicted molar refractivity (Wildman–Crippen MR) is 123 cm³/mol. The number of benzene rings is 2. The number of rotatable bonds is 5. The molecular weight excluding hydrogens is 482 g/mol. The lowest BCUT2D eigenvalue weighted by Crippen LogP contribution is -2.40. The van der Waals surface area contributed by atoms with Gasteiger partial charge in [0.1, 0.15) is 0 Å². The van der Waals surface area contributed by atoms with E-state index in [0.717, 1.165) is 19.4 Å². The molecule has 3 aromatic rings. The maximum absolute atomic E-state index is 12.7. The molecule has 10 heteroatoms. The van der Waals surface area contributed by atoms with Gasteiger partial charge in [-0.25, -0.2) is 0 Å². The lowest BCUT2D eigenvalue weighted by molar-refractivity contribution is -0.121. The number of anilines is 1. The second kappa shape index (κ2) is 9.76. The lowest BCUT2D eigenvalue weighted by Gasteiger charge is -2.30. The molecule has 31 heavy (non-hydrogen) atoms. The fraction of sp³-hybridized carbons (Fsp3) is 0.286. The van der Waals surface area contributed by atoms with E-state index in [2.05, 4.69) is 20.4 Å². The number of hydrogen-bond donors (Lipinski definition) is 1. The van der Waals surface area contributed by atoms with Crippen molar-refractivity contribution >= 4 is 58.0 Å². The van der Waals surface area contributed by atoms with Crippen molar-refractivity contribution < 1.29 is 9.32 Å². The average molecular weight is 500 g/mol. The maximum Gasteiger partial charge on any atom is 0.241 e. The van der Waals surface area contributed by atoms with Gasteiger partial charge in [0.15, 0.2) is 0 Å². The topological polar surface area (TPSA) is 71.3 Å². The standard InChI is InChI=1S/C21H18Cl4N4O2/c22-13-3-5-15(17(24)8-13)20-27-19(31-28-20)11-29-7-1-2-12(10-29)21(30)26-14-4-6-16(23)18(25)9-14/h3-6,8-9,12H,1-2,7,10-11H2,(H,26,30). The van der Waals surface area contributed by atoms with Crippen molar-refractivity contribution in [3.8, 4) is 11.4 Å². The minimum atomic E-state index is -0.156. The van der Waals surface area contributed by atoms with Crippen LogP contribution in [0.15, 0.2) is 40.9 Å². The first-order chi connectivity index (χ1) is 14.9. The number of halogens is 4. The van der Waals surface area contributed by atoms with Crippen LogP contribution in [0.4, 0.5) is 5.69 Å². The minimum absolute atomic E-state index is 0.0535. The second-order valence-electron chi connectivity index (χ2n) is 7.33. The summed E-state index contributed by atoms with van der Waals surface area (Å²) in [6.07, 6.45) is 1.70. The van der Waals surface area contributed by atoms with Gasteiger partial charge in [0.2, 0.25) is 17.6 Å². The van der Waals surface area contributed by atoms with E-state index in [1.165, 1.54) is 0 Å². The van der Waals surface area contributed by atoms with Crippen molar-refractivity contribution in [3.05, 3.63) is 62.4 Å². The summed E-state index contributed by atoms with van der Waals surface area (Å²) >= 11 is 24.1. The Balaban J connectivity index is 1.38. The summed E-state index contributed by atoms with van der Waals surface area (Å²) in [5.41, 5.74) is 1.27. The van der Waals surface area contributed by atoms with Crippen molar-refractivity contribution in [2.24, 2.45) is 5.92 Å². The Bertz CT molecular complexity index is 1100. The monoisotopic (exact) mass is 498 g/mol. The van der Waals surface area contributed by atoms with E-state index in [9.17, 15) is 4.79 Å². The number of amides is 1. The van der Waals surface area contributed by atoms with E-state index in [-0.39, 0.29) is 11.8 Å². The highest BCUT2D eigenvalue weighted by atomic mass is 35.5. The van der Waals surface area contributed by atoms with E-state index in [1.807, 2.05) is 0 Å². The zero-order valence-corrected chi connectivity index (χ0v) is 19.3. The molecule has 0 bridgehead atoms. The predicted octanol–water partition coefficient (Wildman–Crippen LogP) is 6.20. The van der Waals surface area contributed by atoms with Crippen LogP contribution in [0.3, 0.4) is 0 Å². The van der Waals surface area contributed by atoms with Crippen LogP contribution in [0.1, 0.15) is 18.7 Å². The zero-order valence-electron chi connectivity index (χ0n) is 16.2. The third-order valence-corrected chi connectivity index (χ3v) is 6.35. The number of carbonyl (C=O) groups excluding carboxylic acids is 1. The molecule has 1 aliphatic rings. The molecule has 6 nitrogen and oxygen atoms in total. The van der Waals surface area contributed by atoms with Gasteiger partial charge < -0.3 is 9.84 Å². The molecule has 162 valence electrons. The Morgan fingerprint density at radius 1 is 1.10 bits per heavy atom. The molecule has 0 saturated carbocycles. The average Bonchev–Trinajstić information content (AvgIpc) is 3.19. The van der Waals surface area contributed by atoms with Crippen molar-refractivity contribution in [1.82, 2.24) is 15.0 Å². The molecule has 1 amide bonds. The van der Waals surface area contributed by atoms with E-state index >= 15 is 0 Å². The van der Waals surface area contributed by atoms with Gasteiger partial charge in [0.05, 0.1) is 27.5 Å². The zero-order chi connectivity index (χ0) is 22.0. The Hall–Kier alpha value is -1.83. The summed E-state index contributed by atoms with van der Waals surface area (Å²) in [6.45, 7) is 1.89. The summed E-state index contributed by atoms with van der Waals surface area (Å²) < 4.78 is 5.40. The Kier molecular flexibility index (Phi) is 7.04. The van der Waals surface area contributed by atoms with Crippen molar-refractivity contribution in [2.75, 3.05) is 18.4 Å². The van der Waals surface area contributed by atoms with Crippen LogP contribution in [-0.2, 0) is 11.3 Å². The highest BCUT2D eigenvalue weighted by molar-refractivity contribution is 6.42. The van der Waals surface area contributed by atoms with Gasteiger partial charge >= 0.3 is 0 Å². The van der Waals surface area contributed by atoms with Crippen LogP contribution < -0.4 is 5.32 Å². The summed E-state index contributed by atoms with van der Waals surface area (Å²) in [5, 5.41) is 8.78. The molecule has 1 aliphatic heterocycles. The van der Waals surface area contributed by atoms with Gasteiger partial charge in [0.25, 0.3) is 0 Å². The van der Waals surface area contributed by atoms with Crippen LogP contribution in [0, 0.1) is 5.92 Å². The van der Waals surface area contributed by atoms with Crippen molar-refractivity contribution in [1.29, 1.82) is 0 Å². The third kappa shape index (κ3) is 5.51. The summed E-state index contributed by atoms with van der Waals surface area (Å²) in [7, 11) is 0. The van der Waals surface area contributed by atoms with E-state index in [1.54, 1.807) is 36.4 Å². The molecule has 0 spiro atoms. The van der Waals surface area contributed by atoms with E-state index < -0.39 is 0 Å². The molecule has 2 aromatic carbocycles. The van der Waals surface area contributed by atoms with Crippen LogP contribution in [0.25, 0.3) is 11.4 Å². The molecular formula is C21H18Cl4N4O2. The molecule has 1 atom stereocenters. The fourth-order valence-electron chi connectivity index (χ4n) is 3.52. The molecule has 1 saturated heterocycles. The molecule has 4 rings (SSSR count). The van der Waals surface area contributed by atoms with Crippen molar-refractivity contribution in [3.63, 3.8) is 0 Å². The molecule has 2 heterocycles. The first kappa shape index (κ1) is 22.4.